The first-order chi connectivity index (χ1) is 12.0. The quantitative estimate of drug-likeness (QED) is 0.690. The van der Waals surface area contributed by atoms with Crippen molar-refractivity contribution in [3.05, 3.63) is 57.4 Å². The van der Waals surface area contributed by atoms with Gasteiger partial charge in [-0.3, -0.25) is 14.7 Å². The van der Waals surface area contributed by atoms with E-state index >= 15 is 0 Å². The topological polar surface area (TPSA) is 126 Å². The van der Waals surface area contributed by atoms with Crippen LogP contribution in [-0.4, -0.2) is 35.4 Å². The highest BCUT2D eigenvalue weighted by Crippen LogP contribution is 2.07. The Morgan fingerprint density at radius 3 is 2.52 bits per heavy atom. The highest BCUT2D eigenvalue weighted by molar-refractivity contribution is 5.83. The molecule has 0 saturated heterocycles. The molecule has 0 aliphatic rings. The van der Waals surface area contributed by atoms with Crippen LogP contribution < -0.4 is 21.3 Å². The minimum absolute atomic E-state index is 0.0400. The van der Waals surface area contributed by atoms with E-state index in [9.17, 15) is 14.4 Å². The number of ether oxygens (including phenoxy) is 1. The first-order valence-electron chi connectivity index (χ1n) is 7.06. The zero-order valence-electron chi connectivity index (χ0n) is 13.3. The summed E-state index contributed by atoms with van der Waals surface area (Å²) >= 11 is 0. The summed E-state index contributed by atoms with van der Waals surface area (Å²) in [6.45, 7) is 0. The van der Waals surface area contributed by atoms with Crippen LogP contribution >= 0.6 is 0 Å². The first-order valence-corrected chi connectivity index (χ1v) is 7.06. The molecular weight excluding hydrogens is 330 g/mol. The average Bonchev–Trinajstić information content (AvgIpc) is 2.98. The van der Waals surface area contributed by atoms with E-state index in [1.54, 1.807) is 30.3 Å². The second kappa shape index (κ2) is 6.39. The van der Waals surface area contributed by atoms with Crippen molar-refractivity contribution < 1.29 is 9.53 Å². The molecule has 1 amide bonds. The Morgan fingerprint density at radius 2 is 1.88 bits per heavy atom. The van der Waals surface area contributed by atoms with E-state index < -0.39 is 17.3 Å². The number of tetrazole rings is 1. The van der Waals surface area contributed by atoms with Crippen molar-refractivity contribution in [2.24, 2.45) is 14.1 Å². The number of nitrogens with one attached hydrogen (secondary N) is 1. The van der Waals surface area contributed by atoms with Crippen molar-refractivity contribution in [2.75, 3.05) is 5.32 Å². The SMILES string of the molecule is Cn1nnnc1NC(=O)Oc1cn(C)c(=O)n(-c2ccccc2)c1=O. The van der Waals surface area contributed by atoms with Gasteiger partial charge in [0, 0.05) is 14.1 Å². The highest BCUT2D eigenvalue weighted by atomic mass is 16.6. The van der Waals surface area contributed by atoms with Crippen LogP contribution in [0.5, 0.6) is 5.75 Å². The van der Waals surface area contributed by atoms with Gasteiger partial charge >= 0.3 is 17.3 Å². The van der Waals surface area contributed by atoms with Crippen molar-refractivity contribution in [1.82, 2.24) is 29.3 Å². The number of hydrogen-bond acceptors (Lipinski definition) is 7. The number of carbonyl (C=O) groups is 1. The fourth-order valence-electron chi connectivity index (χ4n) is 2.07. The molecule has 25 heavy (non-hydrogen) atoms. The molecule has 0 bridgehead atoms. The summed E-state index contributed by atoms with van der Waals surface area (Å²) in [7, 11) is 2.96. The summed E-state index contributed by atoms with van der Waals surface area (Å²) in [5.41, 5.74) is -0.974. The number of aromatic nitrogens is 6. The molecule has 0 saturated carbocycles. The van der Waals surface area contributed by atoms with E-state index in [1.165, 1.54) is 18.8 Å². The number of nitrogens with zero attached hydrogens (tertiary/aromatic N) is 6. The maximum absolute atomic E-state index is 12.5. The molecule has 11 heteroatoms. The zero-order chi connectivity index (χ0) is 18.0. The van der Waals surface area contributed by atoms with Crippen LogP contribution in [0.25, 0.3) is 5.69 Å². The van der Waals surface area contributed by atoms with E-state index in [-0.39, 0.29) is 11.7 Å². The predicted molar refractivity (Wildman–Crippen MR) is 85.7 cm³/mol. The summed E-state index contributed by atoms with van der Waals surface area (Å²) in [4.78, 5) is 36.8. The molecular formula is C14H13N7O4. The van der Waals surface area contributed by atoms with E-state index in [2.05, 4.69) is 20.8 Å². The Labute approximate surface area is 140 Å². The van der Waals surface area contributed by atoms with Gasteiger partial charge in [0.25, 0.3) is 5.95 Å². The van der Waals surface area contributed by atoms with Gasteiger partial charge in [0.15, 0.2) is 0 Å². The molecule has 1 N–H and O–H groups in total. The lowest BCUT2D eigenvalue weighted by molar-refractivity contribution is 0.213. The van der Waals surface area contributed by atoms with Crippen LogP contribution in [0.2, 0.25) is 0 Å². The number of amides is 1. The minimum Gasteiger partial charge on any atom is -0.402 e. The van der Waals surface area contributed by atoms with E-state index in [4.69, 9.17) is 4.74 Å². The van der Waals surface area contributed by atoms with E-state index in [1.807, 2.05) is 0 Å². The number of carbonyl (C=O) groups excluding carboxylic acids is 1. The monoisotopic (exact) mass is 343 g/mol. The first kappa shape index (κ1) is 16.1. The van der Waals surface area contributed by atoms with Gasteiger partial charge in [-0.05, 0) is 22.6 Å². The Kier molecular flexibility index (Phi) is 4.12. The third-order valence-electron chi connectivity index (χ3n) is 3.27. The second-order valence-corrected chi connectivity index (χ2v) is 5.00. The van der Waals surface area contributed by atoms with Gasteiger partial charge in [-0.2, -0.15) is 0 Å². The van der Waals surface area contributed by atoms with Gasteiger partial charge in [-0.1, -0.05) is 23.3 Å². The van der Waals surface area contributed by atoms with Crippen molar-refractivity contribution in [2.45, 2.75) is 0 Å². The number of aryl methyl sites for hydroxylation is 2. The summed E-state index contributed by atoms with van der Waals surface area (Å²) in [6.07, 6.45) is 0.173. The van der Waals surface area contributed by atoms with E-state index in [0.717, 1.165) is 15.3 Å². The molecule has 0 unspecified atom stereocenters. The fourth-order valence-corrected chi connectivity index (χ4v) is 2.07. The molecule has 0 aliphatic heterocycles. The lowest BCUT2D eigenvalue weighted by Crippen LogP contribution is -2.38. The molecule has 128 valence electrons. The highest BCUT2D eigenvalue weighted by Gasteiger charge is 2.17. The summed E-state index contributed by atoms with van der Waals surface area (Å²) in [5, 5.41) is 12.8. The fraction of sp³-hybridized carbons (Fsp3) is 0.143. The maximum Gasteiger partial charge on any atom is 0.419 e. The van der Waals surface area contributed by atoms with Gasteiger partial charge in [0.2, 0.25) is 5.75 Å². The molecule has 11 nitrogen and oxygen atoms in total. The Balaban J connectivity index is 1.96. The Morgan fingerprint density at radius 1 is 1.16 bits per heavy atom. The molecule has 1 aromatic carbocycles. The number of hydrogen-bond donors (Lipinski definition) is 1. The number of benzene rings is 1. The Hall–Kier alpha value is -3.76. The van der Waals surface area contributed by atoms with Crippen LogP contribution in [0.15, 0.2) is 46.1 Å². The molecule has 3 aromatic rings. The molecule has 3 rings (SSSR count). The molecule has 0 aliphatic carbocycles. The van der Waals surface area contributed by atoms with Crippen molar-refractivity contribution >= 4 is 12.0 Å². The lowest BCUT2D eigenvalue weighted by atomic mass is 10.3. The van der Waals surface area contributed by atoms with Gasteiger partial charge in [0.1, 0.15) is 0 Å². The van der Waals surface area contributed by atoms with Crippen molar-refractivity contribution in [1.29, 1.82) is 0 Å². The number of para-hydroxylation sites is 1. The molecule has 2 aromatic heterocycles. The summed E-state index contributed by atoms with van der Waals surface area (Å²) in [5.74, 6) is -0.281. The number of rotatable bonds is 3. The minimum atomic E-state index is -0.965. The molecule has 2 heterocycles. The maximum atomic E-state index is 12.5. The van der Waals surface area contributed by atoms with Gasteiger partial charge in [0.05, 0.1) is 11.9 Å². The third kappa shape index (κ3) is 3.15. The predicted octanol–water partition coefficient (Wildman–Crippen LogP) is -0.329. The lowest BCUT2D eigenvalue weighted by Gasteiger charge is -2.10. The van der Waals surface area contributed by atoms with Crippen LogP contribution in [-0.2, 0) is 14.1 Å². The molecule has 0 atom stereocenters. The van der Waals surface area contributed by atoms with Crippen molar-refractivity contribution in [3.63, 3.8) is 0 Å². The van der Waals surface area contributed by atoms with E-state index in [0.29, 0.717) is 5.69 Å². The van der Waals surface area contributed by atoms with Crippen LogP contribution in [0.4, 0.5) is 10.7 Å². The largest absolute Gasteiger partial charge is 0.419 e. The second-order valence-electron chi connectivity index (χ2n) is 5.00. The third-order valence-corrected chi connectivity index (χ3v) is 3.27. The summed E-state index contributed by atoms with van der Waals surface area (Å²) < 4.78 is 8.28. The zero-order valence-corrected chi connectivity index (χ0v) is 13.3. The standard InChI is InChI=1S/C14H13N7O4/c1-19-8-10(25-13(23)15-12-16-17-18-20(12)2)11(22)21(14(19)24)9-6-4-3-5-7-9/h3-8H,1-2H3,(H,15,16,18,23). The van der Waals surface area contributed by atoms with Gasteiger partial charge < -0.3 is 4.74 Å². The smallest absolute Gasteiger partial charge is 0.402 e. The Bertz CT molecular complexity index is 1040. The van der Waals surface area contributed by atoms with Crippen LogP contribution in [0.1, 0.15) is 0 Å². The van der Waals surface area contributed by atoms with Crippen LogP contribution in [0.3, 0.4) is 0 Å². The molecule has 0 fully saturated rings. The normalized spacial score (nSPS) is 10.5. The average molecular weight is 343 g/mol. The number of anilines is 1. The molecule has 0 spiro atoms. The van der Waals surface area contributed by atoms with Gasteiger partial charge in [-0.25, -0.2) is 18.8 Å². The van der Waals surface area contributed by atoms with Crippen LogP contribution in [0, 0.1) is 0 Å². The molecule has 0 radical (unpaired) electrons. The summed E-state index contributed by atoms with van der Waals surface area (Å²) in [6, 6.07) is 8.31. The van der Waals surface area contributed by atoms with Gasteiger partial charge in [-0.15, -0.1) is 0 Å². The van der Waals surface area contributed by atoms with Crippen molar-refractivity contribution in [3.8, 4) is 11.4 Å².